The van der Waals surface area contributed by atoms with Gasteiger partial charge < -0.3 is 10.6 Å². The molecule has 2 atom stereocenters. The van der Waals surface area contributed by atoms with Crippen LogP contribution in [0.1, 0.15) is 51.9 Å². The topological polar surface area (TPSA) is 44.4 Å². The average Bonchev–Trinajstić information content (AvgIpc) is 3.30. The van der Waals surface area contributed by atoms with Crippen molar-refractivity contribution in [2.45, 2.75) is 76.0 Å². The van der Waals surface area contributed by atoms with Gasteiger partial charge in [-0.05, 0) is 52.0 Å². The second kappa shape index (κ2) is 5.80. The summed E-state index contributed by atoms with van der Waals surface area (Å²) in [6.45, 7) is 4.22. The molecular weight excluding hydrogens is 238 g/mol. The monoisotopic (exact) mass is 265 g/mol. The number of carbonyl (C=O) groups excluding carboxylic acids is 1. The first kappa shape index (κ1) is 13.4. The molecule has 0 bridgehead atoms. The lowest BCUT2D eigenvalue weighted by atomic mass is 9.99. The van der Waals surface area contributed by atoms with Crippen molar-refractivity contribution in [3.63, 3.8) is 0 Å². The van der Waals surface area contributed by atoms with Gasteiger partial charge in [-0.3, -0.25) is 9.69 Å². The predicted octanol–water partition coefficient (Wildman–Crippen LogP) is 1.26. The Balaban J connectivity index is 1.52. The van der Waals surface area contributed by atoms with Crippen molar-refractivity contribution in [1.82, 2.24) is 15.5 Å². The van der Waals surface area contributed by atoms with Crippen molar-refractivity contribution >= 4 is 5.91 Å². The third-order valence-electron chi connectivity index (χ3n) is 4.69. The predicted molar refractivity (Wildman–Crippen MR) is 76.0 cm³/mol. The Kier molecular flexibility index (Phi) is 4.08. The maximum Gasteiger partial charge on any atom is 0.237 e. The van der Waals surface area contributed by atoms with E-state index in [4.69, 9.17) is 0 Å². The fraction of sp³-hybridized carbons (Fsp3) is 0.933. The molecule has 0 aromatic carbocycles. The minimum Gasteiger partial charge on any atom is -0.352 e. The van der Waals surface area contributed by atoms with E-state index in [0.29, 0.717) is 12.1 Å². The van der Waals surface area contributed by atoms with Crippen LogP contribution < -0.4 is 10.6 Å². The van der Waals surface area contributed by atoms with E-state index in [9.17, 15) is 4.79 Å². The van der Waals surface area contributed by atoms with Crippen molar-refractivity contribution in [3.05, 3.63) is 0 Å². The van der Waals surface area contributed by atoms with Gasteiger partial charge in [0.25, 0.3) is 0 Å². The number of amides is 1. The largest absolute Gasteiger partial charge is 0.352 e. The van der Waals surface area contributed by atoms with E-state index >= 15 is 0 Å². The third kappa shape index (κ3) is 3.69. The van der Waals surface area contributed by atoms with Crippen molar-refractivity contribution < 1.29 is 4.79 Å². The van der Waals surface area contributed by atoms with E-state index < -0.39 is 0 Å². The number of nitrogens with one attached hydrogen (secondary N) is 2. The van der Waals surface area contributed by atoms with Crippen LogP contribution in [0, 0.1) is 0 Å². The van der Waals surface area contributed by atoms with Crippen LogP contribution in [0.5, 0.6) is 0 Å². The van der Waals surface area contributed by atoms with E-state index in [-0.39, 0.29) is 11.9 Å². The summed E-state index contributed by atoms with van der Waals surface area (Å²) >= 11 is 0. The van der Waals surface area contributed by atoms with Crippen LogP contribution in [0.3, 0.4) is 0 Å². The quantitative estimate of drug-likeness (QED) is 0.760. The molecule has 0 radical (unpaired) electrons. The summed E-state index contributed by atoms with van der Waals surface area (Å²) in [6.07, 6.45) is 8.80. The van der Waals surface area contributed by atoms with E-state index in [1.54, 1.807) is 0 Å². The molecule has 1 saturated heterocycles. The number of hydrogen-bond acceptors (Lipinski definition) is 3. The fourth-order valence-corrected chi connectivity index (χ4v) is 3.04. The summed E-state index contributed by atoms with van der Waals surface area (Å²) in [5.74, 6) is 0.237. The first-order valence-corrected chi connectivity index (χ1v) is 8.03. The van der Waals surface area contributed by atoms with E-state index in [0.717, 1.165) is 19.1 Å². The molecule has 0 spiro atoms. The minimum absolute atomic E-state index is 0.0342. The Morgan fingerprint density at radius 3 is 2.58 bits per heavy atom. The van der Waals surface area contributed by atoms with Crippen LogP contribution in [0.2, 0.25) is 0 Å². The van der Waals surface area contributed by atoms with Crippen molar-refractivity contribution in [3.8, 4) is 0 Å². The number of rotatable bonds is 6. The Bertz CT molecular complexity index is 325. The molecular formula is C15H27N3O. The van der Waals surface area contributed by atoms with Crippen LogP contribution in [-0.4, -0.2) is 48.1 Å². The normalized spacial score (nSPS) is 30.1. The first-order valence-electron chi connectivity index (χ1n) is 8.03. The zero-order valence-electron chi connectivity index (χ0n) is 12.0. The van der Waals surface area contributed by atoms with Gasteiger partial charge in [0.2, 0.25) is 5.91 Å². The molecule has 2 saturated carbocycles. The highest BCUT2D eigenvalue weighted by Crippen LogP contribution is 2.24. The van der Waals surface area contributed by atoms with Crippen molar-refractivity contribution in [2.75, 3.05) is 13.1 Å². The van der Waals surface area contributed by atoms with Gasteiger partial charge in [-0.25, -0.2) is 0 Å². The third-order valence-corrected chi connectivity index (χ3v) is 4.69. The van der Waals surface area contributed by atoms with Crippen molar-refractivity contribution in [1.29, 1.82) is 0 Å². The SMILES string of the molecule is CC(C(=O)NC1CC1)N1CCCCC1CNC1CC1. The van der Waals surface area contributed by atoms with E-state index in [1.807, 2.05) is 0 Å². The lowest BCUT2D eigenvalue weighted by Crippen LogP contribution is -2.54. The highest BCUT2D eigenvalue weighted by molar-refractivity contribution is 5.81. The average molecular weight is 265 g/mol. The molecule has 2 unspecified atom stereocenters. The molecule has 1 amide bonds. The summed E-state index contributed by atoms with van der Waals surface area (Å²) in [5, 5.41) is 6.78. The molecule has 4 nitrogen and oxygen atoms in total. The molecule has 4 heteroatoms. The molecule has 19 heavy (non-hydrogen) atoms. The standard InChI is InChI=1S/C15H27N3O/c1-11(15(19)17-13-7-8-13)18-9-3-2-4-14(18)10-16-12-5-6-12/h11-14,16H,2-10H2,1H3,(H,17,19). The highest BCUT2D eigenvalue weighted by Gasteiger charge is 2.33. The minimum atomic E-state index is 0.0342. The maximum atomic E-state index is 12.2. The van der Waals surface area contributed by atoms with Crippen LogP contribution in [0.15, 0.2) is 0 Å². The molecule has 1 aliphatic heterocycles. The Morgan fingerprint density at radius 2 is 1.89 bits per heavy atom. The van der Waals surface area contributed by atoms with Crippen LogP contribution in [0.25, 0.3) is 0 Å². The summed E-state index contributed by atoms with van der Waals surface area (Å²) in [4.78, 5) is 14.6. The van der Waals surface area contributed by atoms with E-state index in [1.165, 1.54) is 44.9 Å². The van der Waals surface area contributed by atoms with Gasteiger partial charge >= 0.3 is 0 Å². The number of nitrogens with zero attached hydrogens (tertiary/aromatic N) is 1. The van der Waals surface area contributed by atoms with Crippen LogP contribution in [-0.2, 0) is 4.79 Å². The van der Waals surface area contributed by atoms with Gasteiger partial charge in [0.05, 0.1) is 6.04 Å². The molecule has 2 aliphatic carbocycles. The number of piperidine rings is 1. The number of carbonyl (C=O) groups is 1. The molecule has 1 heterocycles. The number of hydrogen-bond donors (Lipinski definition) is 2. The zero-order chi connectivity index (χ0) is 13.2. The fourth-order valence-electron chi connectivity index (χ4n) is 3.04. The van der Waals surface area contributed by atoms with E-state index in [2.05, 4.69) is 22.5 Å². The van der Waals surface area contributed by atoms with Gasteiger partial charge in [-0.15, -0.1) is 0 Å². The second-order valence-corrected chi connectivity index (χ2v) is 6.53. The maximum absolute atomic E-state index is 12.2. The van der Waals surface area contributed by atoms with Gasteiger partial charge in [-0.2, -0.15) is 0 Å². The molecule has 3 fully saturated rings. The Labute approximate surface area is 116 Å². The smallest absolute Gasteiger partial charge is 0.237 e. The van der Waals surface area contributed by atoms with Gasteiger partial charge in [0.15, 0.2) is 0 Å². The second-order valence-electron chi connectivity index (χ2n) is 6.53. The lowest BCUT2D eigenvalue weighted by molar-refractivity contribution is -0.127. The molecule has 3 rings (SSSR count). The molecule has 0 aromatic rings. The first-order chi connectivity index (χ1) is 9.24. The lowest BCUT2D eigenvalue weighted by Gasteiger charge is -2.39. The van der Waals surface area contributed by atoms with Crippen LogP contribution >= 0.6 is 0 Å². The van der Waals surface area contributed by atoms with Crippen LogP contribution in [0.4, 0.5) is 0 Å². The van der Waals surface area contributed by atoms with Gasteiger partial charge in [0.1, 0.15) is 0 Å². The molecule has 108 valence electrons. The summed E-state index contributed by atoms with van der Waals surface area (Å²) in [6, 6.07) is 1.82. The summed E-state index contributed by atoms with van der Waals surface area (Å²) in [5.41, 5.74) is 0. The molecule has 3 aliphatic rings. The molecule has 0 aromatic heterocycles. The van der Waals surface area contributed by atoms with Gasteiger partial charge in [0, 0.05) is 24.7 Å². The summed E-state index contributed by atoms with van der Waals surface area (Å²) in [7, 11) is 0. The Hall–Kier alpha value is -0.610. The number of likely N-dealkylation sites (tertiary alicyclic amines) is 1. The Morgan fingerprint density at radius 1 is 1.16 bits per heavy atom. The van der Waals surface area contributed by atoms with Crippen molar-refractivity contribution in [2.24, 2.45) is 0 Å². The highest BCUT2D eigenvalue weighted by atomic mass is 16.2. The molecule has 2 N–H and O–H groups in total. The van der Waals surface area contributed by atoms with Gasteiger partial charge in [-0.1, -0.05) is 6.42 Å². The summed E-state index contributed by atoms with van der Waals surface area (Å²) < 4.78 is 0. The zero-order valence-corrected chi connectivity index (χ0v) is 12.0.